The fourth-order valence-corrected chi connectivity index (χ4v) is 3.12. The molecule has 0 aliphatic carbocycles. The van der Waals surface area contributed by atoms with Crippen LogP contribution in [0.4, 0.5) is 0 Å². The van der Waals surface area contributed by atoms with Gasteiger partial charge in [0.2, 0.25) is 17.6 Å². The van der Waals surface area contributed by atoms with Crippen molar-refractivity contribution < 1.29 is 14.3 Å². The largest absolute Gasteiger partial charge is 0.384 e. The van der Waals surface area contributed by atoms with Crippen LogP contribution < -0.4 is 0 Å². The normalized spacial score (nSPS) is 14.3. The van der Waals surface area contributed by atoms with Gasteiger partial charge in [-0.3, -0.25) is 9.59 Å². The molecule has 150 valence electrons. The molecule has 0 bridgehead atoms. The predicted octanol–water partition coefficient (Wildman–Crippen LogP) is 0.828. The van der Waals surface area contributed by atoms with E-state index in [-0.39, 0.29) is 11.8 Å². The monoisotopic (exact) mass is 386 g/mol. The lowest BCUT2D eigenvalue weighted by atomic mass is 10.2. The van der Waals surface area contributed by atoms with Gasteiger partial charge in [-0.2, -0.15) is 4.80 Å². The van der Waals surface area contributed by atoms with Crippen molar-refractivity contribution >= 4 is 11.8 Å². The van der Waals surface area contributed by atoms with Crippen molar-refractivity contribution in [3.05, 3.63) is 30.3 Å². The Balaban J connectivity index is 1.38. The van der Waals surface area contributed by atoms with E-state index in [0.29, 0.717) is 64.4 Å². The zero-order valence-corrected chi connectivity index (χ0v) is 16.2. The minimum Gasteiger partial charge on any atom is -0.384 e. The van der Waals surface area contributed by atoms with Crippen LogP contribution in [0.3, 0.4) is 0 Å². The Bertz CT molecular complexity index is 771. The number of carbonyl (C=O) groups excluding carboxylic acids is 2. The lowest BCUT2D eigenvalue weighted by Crippen LogP contribution is -2.50. The topological polar surface area (TPSA) is 93.5 Å². The number of carbonyl (C=O) groups is 2. The summed E-state index contributed by atoms with van der Waals surface area (Å²) in [5, 5.41) is 12.5. The highest BCUT2D eigenvalue weighted by Crippen LogP contribution is 2.12. The molecule has 1 aromatic carbocycles. The Labute approximate surface area is 164 Å². The molecule has 1 aliphatic heterocycles. The van der Waals surface area contributed by atoms with Gasteiger partial charge in [0.1, 0.15) is 0 Å². The molecular formula is C19H26N6O3. The van der Waals surface area contributed by atoms with Crippen LogP contribution in [0, 0.1) is 0 Å². The van der Waals surface area contributed by atoms with Crippen molar-refractivity contribution in [1.29, 1.82) is 0 Å². The molecule has 2 amide bonds. The summed E-state index contributed by atoms with van der Waals surface area (Å²) in [6.45, 7) is 3.30. The quantitative estimate of drug-likeness (QED) is 0.667. The van der Waals surface area contributed by atoms with E-state index in [2.05, 4.69) is 15.4 Å². The maximum Gasteiger partial charge on any atom is 0.225 e. The van der Waals surface area contributed by atoms with Gasteiger partial charge in [0.15, 0.2) is 0 Å². The number of tetrazole rings is 1. The number of aryl methyl sites for hydroxylation is 1. The van der Waals surface area contributed by atoms with Gasteiger partial charge in [-0.15, -0.1) is 10.2 Å². The molecule has 0 saturated carbocycles. The highest BCUT2D eigenvalue weighted by Gasteiger charge is 2.23. The second-order valence-corrected chi connectivity index (χ2v) is 6.68. The van der Waals surface area contributed by atoms with E-state index in [1.165, 1.54) is 4.80 Å². The molecule has 2 heterocycles. The minimum absolute atomic E-state index is 0.0837. The first-order valence-electron chi connectivity index (χ1n) is 9.55. The second kappa shape index (κ2) is 9.93. The number of piperazine rings is 1. The Morgan fingerprint density at radius 3 is 2.29 bits per heavy atom. The van der Waals surface area contributed by atoms with Gasteiger partial charge in [-0.05, 0) is 11.6 Å². The molecule has 3 rings (SSSR count). The van der Waals surface area contributed by atoms with Crippen molar-refractivity contribution in [3.8, 4) is 11.4 Å². The van der Waals surface area contributed by atoms with Crippen molar-refractivity contribution in [2.45, 2.75) is 25.8 Å². The van der Waals surface area contributed by atoms with Crippen LogP contribution >= 0.6 is 0 Å². The van der Waals surface area contributed by atoms with Crippen LogP contribution in [-0.4, -0.2) is 81.7 Å². The number of amides is 2. The highest BCUT2D eigenvalue weighted by atomic mass is 16.5. The molecule has 1 aromatic heterocycles. The van der Waals surface area contributed by atoms with Crippen molar-refractivity contribution in [1.82, 2.24) is 30.0 Å². The van der Waals surface area contributed by atoms with Crippen LogP contribution in [0.5, 0.6) is 0 Å². The number of ether oxygens (including phenoxy) is 1. The third kappa shape index (κ3) is 5.35. The summed E-state index contributed by atoms with van der Waals surface area (Å²) >= 11 is 0. The van der Waals surface area contributed by atoms with E-state index in [0.717, 1.165) is 5.56 Å². The number of hydrogen-bond donors (Lipinski definition) is 0. The average Bonchev–Trinajstić information content (AvgIpc) is 3.21. The van der Waals surface area contributed by atoms with Crippen LogP contribution in [0.1, 0.15) is 19.3 Å². The molecule has 2 aromatic rings. The van der Waals surface area contributed by atoms with Crippen molar-refractivity contribution in [2.75, 3.05) is 39.9 Å². The van der Waals surface area contributed by atoms with E-state index in [4.69, 9.17) is 4.74 Å². The summed E-state index contributed by atoms with van der Waals surface area (Å²) < 4.78 is 4.94. The lowest BCUT2D eigenvalue weighted by molar-refractivity contribution is -0.140. The molecule has 0 radical (unpaired) electrons. The average molecular weight is 386 g/mol. The molecule has 1 fully saturated rings. The third-order valence-electron chi connectivity index (χ3n) is 4.74. The van der Waals surface area contributed by atoms with Crippen LogP contribution in [-0.2, 0) is 20.9 Å². The fourth-order valence-electron chi connectivity index (χ4n) is 3.12. The SMILES string of the molecule is COCCC(=O)N1CCN(C(=O)CCCn2nnc(-c3ccccc3)n2)CC1. The molecule has 0 unspecified atom stereocenters. The molecule has 0 N–H and O–H groups in total. The fraction of sp³-hybridized carbons (Fsp3) is 0.526. The first kappa shape index (κ1) is 19.9. The Hall–Kier alpha value is -2.81. The van der Waals surface area contributed by atoms with Crippen LogP contribution in [0.25, 0.3) is 11.4 Å². The van der Waals surface area contributed by atoms with Crippen LogP contribution in [0.15, 0.2) is 30.3 Å². The number of hydrogen-bond acceptors (Lipinski definition) is 6. The van der Waals surface area contributed by atoms with Crippen molar-refractivity contribution in [3.63, 3.8) is 0 Å². The maximum atomic E-state index is 12.4. The first-order chi connectivity index (χ1) is 13.7. The number of benzene rings is 1. The molecule has 0 atom stereocenters. The summed E-state index contributed by atoms with van der Waals surface area (Å²) in [5.74, 6) is 0.772. The van der Waals surface area contributed by atoms with E-state index >= 15 is 0 Å². The molecule has 1 aliphatic rings. The maximum absolute atomic E-state index is 12.4. The summed E-state index contributed by atoms with van der Waals surface area (Å²) in [6, 6.07) is 9.67. The zero-order valence-electron chi connectivity index (χ0n) is 16.2. The Morgan fingerprint density at radius 1 is 1.00 bits per heavy atom. The zero-order chi connectivity index (χ0) is 19.8. The van der Waals surface area contributed by atoms with Gasteiger partial charge in [-0.1, -0.05) is 30.3 Å². The second-order valence-electron chi connectivity index (χ2n) is 6.68. The number of methoxy groups -OCH3 is 1. The third-order valence-corrected chi connectivity index (χ3v) is 4.74. The van der Waals surface area contributed by atoms with E-state index in [1.54, 1.807) is 12.0 Å². The van der Waals surface area contributed by atoms with Gasteiger partial charge >= 0.3 is 0 Å². The van der Waals surface area contributed by atoms with Gasteiger partial charge in [0.25, 0.3) is 0 Å². The van der Waals surface area contributed by atoms with Gasteiger partial charge in [0.05, 0.1) is 19.6 Å². The summed E-state index contributed by atoms with van der Waals surface area (Å²) in [6.07, 6.45) is 1.47. The van der Waals surface area contributed by atoms with Gasteiger partial charge < -0.3 is 14.5 Å². The highest BCUT2D eigenvalue weighted by molar-refractivity contribution is 5.78. The van der Waals surface area contributed by atoms with Crippen molar-refractivity contribution in [2.24, 2.45) is 0 Å². The predicted molar refractivity (Wildman–Crippen MR) is 102 cm³/mol. The Kier molecular flexibility index (Phi) is 7.07. The number of nitrogens with zero attached hydrogens (tertiary/aromatic N) is 6. The standard InChI is InChI=1S/C19H26N6O3/c1-28-15-9-18(27)24-13-11-23(12-14-24)17(26)8-5-10-25-21-19(20-22-25)16-6-3-2-4-7-16/h2-4,6-7H,5,8-15H2,1H3. The van der Waals surface area contributed by atoms with E-state index < -0.39 is 0 Å². The molecule has 0 spiro atoms. The van der Waals surface area contributed by atoms with Gasteiger partial charge in [-0.25, -0.2) is 0 Å². The van der Waals surface area contributed by atoms with E-state index in [1.807, 2.05) is 35.2 Å². The number of rotatable bonds is 8. The molecule has 9 heteroatoms. The molecule has 1 saturated heterocycles. The molecule has 28 heavy (non-hydrogen) atoms. The van der Waals surface area contributed by atoms with Gasteiger partial charge in [0, 0.05) is 45.3 Å². The summed E-state index contributed by atoms with van der Waals surface area (Å²) in [4.78, 5) is 29.5. The summed E-state index contributed by atoms with van der Waals surface area (Å²) in [7, 11) is 1.58. The van der Waals surface area contributed by atoms with Crippen LogP contribution in [0.2, 0.25) is 0 Å². The number of aromatic nitrogens is 4. The molecule has 9 nitrogen and oxygen atoms in total. The lowest BCUT2D eigenvalue weighted by Gasteiger charge is -2.35. The minimum atomic E-state index is 0.0837. The Morgan fingerprint density at radius 2 is 1.64 bits per heavy atom. The van der Waals surface area contributed by atoms with E-state index in [9.17, 15) is 9.59 Å². The summed E-state index contributed by atoms with van der Waals surface area (Å²) in [5.41, 5.74) is 0.919. The first-order valence-corrected chi connectivity index (χ1v) is 9.55. The smallest absolute Gasteiger partial charge is 0.225 e. The molecular weight excluding hydrogens is 360 g/mol.